The van der Waals surface area contributed by atoms with E-state index in [4.69, 9.17) is 5.11 Å². The first-order valence-corrected chi connectivity index (χ1v) is 7.81. The number of aliphatic hydroxyl groups excluding tert-OH is 1. The Balaban J connectivity index is 2.40. The van der Waals surface area contributed by atoms with Crippen LogP contribution in [-0.4, -0.2) is 11.7 Å². The van der Waals surface area contributed by atoms with Gasteiger partial charge in [0.1, 0.15) is 0 Å². The Labute approximate surface area is 128 Å². The lowest BCUT2D eigenvalue weighted by molar-refractivity contribution is 0.288. The highest BCUT2D eigenvalue weighted by molar-refractivity contribution is 5.44. The number of aliphatic hydroxyl groups is 1. The lowest BCUT2D eigenvalue weighted by Gasteiger charge is -2.18. The van der Waals surface area contributed by atoms with Gasteiger partial charge in [-0.2, -0.15) is 0 Å². The summed E-state index contributed by atoms with van der Waals surface area (Å²) in [6.07, 6.45) is 2.65. The Morgan fingerprint density at radius 2 is 1.86 bits per heavy atom. The molecule has 0 saturated carbocycles. The molecule has 0 atom stereocenters. The molecule has 2 aromatic carbocycles. The molecule has 1 radical (unpaired) electrons. The van der Waals surface area contributed by atoms with Gasteiger partial charge < -0.3 is 5.11 Å². The zero-order valence-corrected chi connectivity index (χ0v) is 13.3. The van der Waals surface area contributed by atoms with Crippen LogP contribution in [0.1, 0.15) is 54.0 Å². The van der Waals surface area contributed by atoms with Gasteiger partial charge >= 0.3 is 0 Å². The highest BCUT2D eigenvalue weighted by Gasteiger charge is 2.13. The van der Waals surface area contributed by atoms with E-state index in [-0.39, 0.29) is 6.61 Å². The van der Waals surface area contributed by atoms with Crippen LogP contribution in [0.4, 0.5) is 0 Å². The fourth-order valence-electron chi connectivity index (χ4n) is 2.88. The maximum absolute atomic E-state index is 9.11. The molecule has 21 heavy (non-hydrogen) atoms. The van der Waals surface area contributed by atoms with Crippen LogP contribution in [-0.2, 0) is 12.8 Å². The zero-order chi connectivity index (χ0) is 15.2. The first-order chi connectivity index (χ1) is 10.1. The van der Waals surface area contributed by atoms with Crippen LogP contribution in [0.15, 0.2) is 36.4 Å². The zero-order valence-electron chi connectivity index (χ0n) is 13.3. The molecule has 0 fully saturated rings. The molecule has 1 nitrogen and oxygen atoms in total. The van der Waals surface area contributed by atoms with E-state index in [1.165, 1.54) is 27.8 Å². The molecule has 0 spiro atoms. The molecule has 0 aliphatic rings. The van der Waals surface area contributed by atoms with E-state index < -0.39 is 0 Å². The lowest BCUT2D eigenvalue weighted by atomic mass is 9.87. The molecule has 2 rings (SSSR count). The smallest absolute Gasteiger partial charge is 0.0434 e. The number of hydrogen-bond donors (Lipinski definition) is 1. The molecule has 0 bridgehead atoms. The first kappa shape index (κ1) is 15.8. The predicted octanol–water partition coefficient (Wildman–Crippen LogP) is 4.43. The van der Waals surface area contributed by atoms with E-state index in [1.807, 2.05) is 0 Å². The van der Waals surface area contributed by atoms with Gasteiger partial charge in [0, 0.05) is 6.61 Å². The van der Waals surface area contributed by atoms with Gasteiger partial charge in [-0.05, 0) is 66.0 Å². The normalized spacial score (nSPS) is 11.1. The molecule has 2 aromatic rings. The fourth-order valence-corrected chi connectivity index (χ4v) is 2.88. The van der Waals surface area contributed by atoms with Crippen molar-refractivity contribution in [3.05, 3.63) is 70.3 Å². The Kier molecular flexibility index (Phi) is 5.58. The molecule has 0 heterocycles. The highest BCUT2D eigenvalue weighted by Crippen LogP contribution is 2.27. The van der Waals surface area contributed by atoms with E-state index in [9.17, 15) is 0 Å². The standard InChI is InChI=1S/C20H25O/c1-15(2)19-12-11-18(10-7-13-21)20(16(19)3)14-17-8-5-4-6-9-17/h4-6,8-9,12,15,21H,7,10,13-14H2,1-3H3. The second kappa shape index (κ2) is 7.42. The minimum Gasteiger partial charge on any atom is -0.396 e. The van der Waals surface area contributed by atoms with Crippen molar-refractivity contribution in [3.8, 4) is 0 Å². The van der Waals surface area contributed by atoms with Gasteiger partial charge in [0.2, 0.25) is 0 Å². The lowest BCUT2D eigenvalue weighted by Crippen LogP contribution is -2.05. The van der Waals surface area contributed by atoms with Crippen LogP contribution >= 0.6 is 0 Å². The quantitative estimate of drug-likeness (QED) is 0.830. The summed E-state index contributed by atoms with van der Waals surface area (Å²) < 4.78 is 0. The molecular weight excluding hydrogens is 256 g/mol. The largest absolute Gasteiger partial charge is 0.396 e. The maximum atomic E-state index is 9.11. The minimum absolute atomic E-state index is 0.240. The summed E-state index contributed by atoms with van der Waals surface area (Å²) in [6, 6.07) is 16.2. The Bertz CT molecular complexity index is 570. The molecule has 0 aliphatic heterocycles. The maximum Gasteiger partial charge on any atom is 0.0434 e. The van der Waals surface area contributed by atoms with E-state index >= 15 is 0 Å². The molecule has 1 N–H and O–H groups in total. The molecule has 0 aromatic heterocycles. The fraction of sp³-hybridized carbons (Fsp3) is 0.400. The third-order valence-corrected chi connectivity index (χ3v) is 4.08. The molecular formula is C20H25O. The van der Waals surface area contributed by atoms with Crippen molar-refractivity contribution in [1.82, 2.24) is 0 Å². The SMILES string of the molecule is Cc1c(C(C)C)c[c]c(CCCO)c1Cc1ccccc1. The van der Waals surface area contributed by atoms with Crippen LogP contribution in [0.25, 0.3) is 0 Å². The van der Waals surface area contributed by atoms with Gasteiger partial charge in [-0.15, -0.1) is 0 Å². The highest BCUT2D eigenvalue weighted by atomic mass is 16.2. The summed E-state index contributed by atoms with van der Waals surface area (Å²) >= 11 is 0. The molecule has 1 heteroatoms. The Hall–Kier alpha value is -1.60. The summed E-state index contributed by atoms with van der Waals surface area (Å²) in [7, 11) is 0. The van der Waals surface area contributed by atoms with E-state index in [0.29, 0.717) is 5.92 Å². The van der Waals surface area contributed by atoms with E-state index in [0.717, 1.165) is 19.3 Å². The Morgan fingerprint density at radius 3 is 2.48 bits per heavy atom. The van der Waals surface area contributed by atoms with Crippen LogP contribution < -0.4 is 0 Å². The average Bonchev–Trinajstić information content (AvgIpc) is 2.48. The van der Waals surface area contributed by atoms with Crippen molar-refractivity contribution in [3.63, 3.8) is 0 Å². The van der Waals surface area contributed by atoms with E-state index in [2.05, 4.69) is 63.2 Å². The van der Waals surface area contributed by atoms with Crippen molar-refractivity contribution < 1.29 is 5.11 Å². The van der Waals surface area contributed by atoms with Crippen LogP contribution in [0, 0.1) is 13.0 Å². The van der Waals surface area contributed by atoms with Crippen LogP contribution in [0.5, 0.6) is 0 Å². The van der Waals surface area contributed by atoms with Gasteiger partial charge in [0.15, 0.2) is 0 Å². The molecule has 0 aliphatic carbocycles. The summed E-state index contributed by atoms with van der Waals surface area (Å²) in [4.78, 5) is 0. The number of rotatable bonds is 6. The summed E-state index contributed by atoms with van der Waals surface area (Å²) in [6.45, 7) is 6.93. The predicted molar refractivity (Wildman–Crippen MR) is 88.8 cm³/mol. The summed E-state index contributed by atoms with van der Waals surface area (Å²) in [5.74, 6) is 0.516. The monoisotopic (exact) mass is 281 g/mol. The van der Waals surface area contributed by atoms with Crippen molar-refractivity contribution in [2.75, 3.05) is 6.61 Å². The average molecular weight is 281 g/mol. The Morgan fingerprint density at radius 1 is 1.14 bits per heavy atom. The van der Waals surface area contributed by atoms with Crippen LogP contribution in [0.3, 0.4) is 0 Å². The topological polar surface area (TPSA) is 20.2 Å². The second-order valence-electron chi connectivity index (χ2n) is 5.97. The third-order valence-electron chi connectivity index (χ3n) is 4.08. The third kappa shape index (κ3) is 3.95. The van der Waals surface area contributed by atoms with Crippen molar-refractivity contribution in [2.24, 2.45) is 0 Å². The molecule has 0 amide bonds. The van der Waals surface area contributed by atoms with Crippen molar-refractivity contribution in [2.45, 2.75) is 46.0 Å². The van der Waals surface area contributed by atoms with Crippen LogP contribution in [0.2, 0.25) is 0 Å². The summed E-state index contributed by atoms with van der Waals surface area (Å²) in [5.41, 5.74) is 6.75. The number of benzene rings is 2. The summed E-state index contributed by atoms with van der Waals surface area (Å²) in [5, 5.41) is 9.11. The minimum atomic E-state index is 0.240. The van der Waals surface area contributed by atoms with Crippen molar-refractivity contribution >= 4 is 0 Å². The van der Waals surface area contributed by atoms with Gasteiger partial charge in [-0.25, -0.2) is 0 Å². The van der Waals surface area contributed by atoms with Gasteiger partial charge in [-0.1, -0.05) is 50.2 Å². The van der Waals surface area contributed by atoms with Crippen molar-refractivity contribution in [1.29, 1.82) is 0 Å². The first-order valence-electron chi connectivity index (χ1n) is 7.81. The number of hydrogen-bond acceptors (Lipinski definition) is 1. The molecule has 0 saturated heterocycles. The molecule has 111 valence electrons. The van der Waals surface area contributed by atoms with Gasteiger partial charge in [0.25, 0.3) is 0 Å². The molecule has 0 unspecified atom stereocenters. The van der Waals surface area contributed by atoms with Gasteiger partial charge in [-0.3, -0.25) is 0 Å². The van der Waals surface area contributed by atoms with E-state index in [1.54, 1.807) is 0 Å². The number of aryl methyl sites for hydroxylation is 1. The second-order valence-corrected chi connectivity index (χ2v) is 5.97. The van der Waals surface area contributed by atoms with Gasteiger partial charge in [0.05, 0.1) is 0 Å².